The van der Waals surface area contributed by atoms with Crippen LogP contribution in [0.3, 0.4) is 0 Å². The third kappa shape index (κ3) is 4.07. The van der Waals surface area contributed by atoms with E-state index in [1.165, 1.54) is 25.9 Å². The van der Waals surface area contributed by atoms with Crippen molar-refractivity contribution in [1.82, 2.24) is 9.88 Å². The molecule has 0 spiro atoms. The molecule has 0 bridgehead atoms. The molecule has 2 aromatic rings. The van der Waals surface area contributed by atoms with Gasteiger partial charge in [0.15, 0.2) is 0 Å². The molecule has 1 fully saturated rings. The summed E-state index contributed by atoms with van der Waals surface area (Å²) in [6, 6.07) is 5.74. The largest absolute Gasteiger partial charge is 0.494 e. The fourth-order valence-corrected chi connectivity index (χ4v) is 3.44. The Bertz CT molecular complexity index is 757. The molecule has 0 saturated carbocycles. The van der Waals surface area contributed by atoms with Crippen LogP contribution in [0.2, 0.25) is 0 Å². The summed E-state index contributed by atoms with van der Waals surface area (Å²) >= 11 is 0. The first-order valence-corrected chi connectivity index (χ1v) is 9.33. The number of hydrogen-bond donors (Lipinski definition) is 1. The average Bonchev–Trinajstić information content (AvgIpc) is 3.18. The molecule has 1 N–H and O–H groups in total. The molecule has 1 aromatic heterocycles. The van der Waals surface area contributed by atoms with Gasteiger partial charge in [0.25, 0.3) is 0 Å². The van der Waals surface area contributed by atoms with Crippen LogP contribution in [-0.4, -0.2) is 55.7 Å². The second kappa shape index (κ2) is 8.85. The molecule has 6 nitrogen and oxygen atoms in total. The van der Waals surface area contributed by atoms with Crippen LogP contribution in [0.15, 0.2) is 24.4 Å². The summed E-state index contributed by atoms with van der Waals surface area (Å²) in [6.07, 6.45) is 5.20. The highest BCUT2D eigenvalue weighted by atomic mass is 16.5. The number of carbonyl (C=O) groups is 1. The lowest BCUT2D eigenvalue weighted by atomic mass is 10.1. The van der Waals surface area contributed by atoms with E-state index in [1.54, 1.807) is 20.2 Å². The van der Waals surface area contributed by atoms with Crippen LogP contribution in [0.1, 0.15) is 36.5 Å². The Morgan fingerprint density at radius 1 is 1.31 bits per heavy atom. The molecule has 1 aromatic carbocycles. The van der Waals surface area contributed by atoms with Gasteiger partial charge in [-0.3, -0.25) is 4.98 Å². The number of fused-ring (bicyclic) bond motifs is 1. The number of methoxy groups -OCH3 is 1. The minimum atomic E-state index is -0.355. The fraction of sp³-hybridized carbons (Fsp3) is 0.500. The maximum atomic E-state index is 12.4. The van der Waals surface area contributed by atoms with Crippen molar-refractivity contribution in [3.63, 3.8) is 0 Å². The standard InChI is InChI=1S/C20H27N3O3/c1-3-26-20(24)16-14-22-19-15(8-6-9-17(19)25-2)18(16)21-10-7-13-23-11-4-5-12-23/h6,8-9,14H,3-5,7,10-13H2,1-2H3,(H,21,22). The van der Waals surface area contributed by atoms with E-state index < -0.39 is 0 Å². The van der Waals surface area contributed by atoms with Gasteiger partial charge in [-0.2, -0.15) is 0 Å². The topological polar surface area (TPSA) is 63.7 Å². The molecule has 0 amide bonds. The average molecular weight is 357 g/mol. The summed E-state index contributed by atoms with van der Waals surface area (Å²) in [5.41, 5.74) is 1.98. The zero-order chi connectivity index (χ0) is 18.4. The van der Waals surface area contributed by atoms with Crippen molar-refractivity contribution in [2.24, 2.45) is 0 Å². The van der Waals surface area contributed by atoms with Crippen molar-refractivity contribution in [2.75, 3.05) is 45.2 Å². The summed E-state index contributed by atoms with van der Waals surface area (Å²) in [6.45, 7) is 6.40. The highest BCUT2D eigenvalue weighted by Crippen LogP contribution is 2.32. The highest BCUT2D eigenvalue weighted by Gasteiger charge is 2.18. The summed E-state index contributed by atoms with van der Waals surface area (Å²) in [7, 11) is 1.62. The number of ether oxygens (including phenoxy) is 2. The van der Waals surface area contributed by atoms with E-state index in [-0.39, 0.29) is 5.97 Å². The number of nitrogens with zero attached hydrogens (tertiary/aromatic N) is 2. The molecule has 0 unspecified atom stereocenters. The fourth-order valence-electron chi connectivity index (χ4n) is 3.44. The monoisotopic (exact) mass is 357 g/mol. The first-order chi connectivity index (χ1) is 12.7. The molecule has 1 aliphatic heterocycles. The zero-order valence-corrected chi connectivity index (χ0v) is 15.6. The second-order valence-corrected chi connectivity index (χ2v) is 6.45. The van der Waals surface area contributed by atoms with Gasteiger partial charge in [-0.25, -0.2) is 4.79 Å². The van der Waals surface area contributed by atoms with E-state index in [2.05, 4.69) is 15.2 Å². The Labute approximate surface area is 154 Å². The normalized spacial score (nSPS) is 14.5. The van der Waals surface area contributed by atoms with Crippen molar-refractivity contribution in [2.45, 2.75) is 26.2 Å². The van der Waals surface area contributed by atoms with E-state index in [4.69, 9.17) is 9.47 Å². The van der Waals surface area contributed by atoms with E-state index >= 15 is 0 Å². The van der Waals surface area contributed by atoms with E-state index in [0.29, 0.717) is 17.9 Å². The zero-order valence-electron chi connectivity index (χ0n) is 15.6. The SMILES string of the molecule is CCOC(=O)c1cnc2c(OC)cccc2c1NCCCN1CCCC1. The third-order valence-corrected chi connectivity index (χ3v) is 4.73. The number of para-hydroxylation sites is 1. The molecule has 3 rings (SSSR count). The van der Waals surface area contributed by atoms with Gasteiger partial charge in [-0.15, -0.1) is 0 Å². The number of rotatable bonds is 8. The molecule has 0 aliphatic carbocycles. The van der Waals surface area contributed by atoms with Crippen molar-refractivity contribution in [1.29, 1.82) is 0 Å². The van der Waals surface area contributed by atoms with Crippen molar-refractivity contribution < 1.29 is 14.3 Å². The Morgan fingerprint density at radius 3 is 2.85 bits per heavy atom. The molecule has 26 heavy (non-hydrogen) atoms. The van der Waals surface area contributed by atoms with Crippen molar-refractivity contribution >= 4 is 22.6 Å². The third-order valence-electron chi connectivity index (χ3n) is 4.73. The van der Waals surface area contributed by atoms with Crippen LogP contribution in [0.4, 0.5) is 5.69 Å². The van der Waals surface area contributed by atoms with Gasteiger partial charge in [0, 0.05) is 18.1 Å². The number of hydrogen-bond acceptors (Lipinski definition) is 6. The number of pyridine rings is 1. The van der Waals surface area contributed by atoms with Crippen molar-refractivity contribution in [3.8, 4) is 5.75 Å². The number of nitrogens with one attached hydrogen (secondary N) is 1. The maximum absolute atomic E-state index is 12.4. The first-order valence-electron chi connectivity index (χ1n) is 9.33. The van der Waals surface area contributed by atoms with Gasteiger partial charge in [0.1, 0.15) is 16.8 Å². The van der Waals surface area contributed by atoms with Gasteiger partial charge in [0.2, 0.25) is 0 Å². The number of esters is 1. The lowest BCUT2D eigenvalue weighted by Crippen LogP contribution is -2.22. The highest BCUT2D eigenvalue weighted by molar-refractivity contribution is 6.06. The summed E-state index contributed by atoms with van der Waals surface area (Å²) in [5.74, 6) is 0.338. The van der Waals surface area contributed by atoms with E-state index in [9.17, 15) is 4.79 Å². The van der Waals surface area contributed by atoms with Crippen molar-refractivity contribution in [3.05, 3.63) is 30.0 Å². The van der Waals surface area contributed by atoms with E-state index in [0.717, 1.165) is 36.1 Å². The minimum Gasteiger partial charge on any atom is -0.494 e. The lowest BCUT2D eigenvalue weighted by molar-refractivity contribution is 0.0527. The molecule has 0 radical (unpaired) electrons. The lowest BCUT2D eigenvalue weighted by Gasteiger charge is -2.17. The minimum absolute atomic E-state index is 0.337. The van der Waals surface area contributed by atoms with Crippen LogP contribution in [0, 0.1) is 0 Å². The quantitative estimate of drug-likeness (QED) is 0.578. The molecular formula is C20H27N3O3. The number of likely N-dealkylation sites (tertiary alicyclic amines) is 1. The number of aromatic nitrogens is 1. The van der Waals surface area contributed by atoms with Crippen LogP contribution < -0.4 is 10.1 Å². The van der Waals surface area contributed by atoms with Crippen LogP contribution in [0.5, 0.6) is 5.75 Å². The van der Waals surface area contributed by atoms with Crippen LogP contribution in [-0.2, 0) is 4.74 Å². The Kier molecular flexibility index (Phi) is 6.28. The van der Waals surface area contributed by atoms with Gasteiger partial charge in [0.05, 0.1) is 19.4 Å². The summed E-state index contributed by atoms with van der Waals surface area (Å²) < 4.78 is 10.6. The molecule has 2 heterocycles. The number of benzene rings is 1. The van der Waals surface area contributed by atoms with Gasteiger partial charge in [-0.05, 0) is 51.9 Å². The molecule has 0 atom stereocenters. The molecule has 1 aliphatic rings. The molecular weight excluding hydrogens is 330 g/mol. The second-order valence-electron chi connectivity index (χ2n) is 6.45. The molecule has 6 heteroatoms. The Hall–Kier alpha value is -2.34. The smallest absolute Gasteiger partial charge is 0.341 e. The van der Waals surface area contributed by atoms with Crippen LogP contribution >= 0.6 is 0 Å². The van der Waals surface area contributed by atoms with Gasteiger partial charge < -0.3 is 19.7 Å². The maximum Gasteiger partial charge on any atom is 0.341 e. The summed E-state index contributed by atoms with van der Waals surface area (Å²) in [5, 5.41) is 4.32. The van der Waals surface area contributed by atoms with Crippen LogP contribution in [0.25, 0.3) is 10.9 Å². The predicted molar refractivity (Wildman–Crippen MR) is 103 cm³/mol. The summed E-state index contributed by atoms with van der Waals surface area (Å²) in [4.78, 5) is 19.3. The number of anilines is 1. The molecule has 140 valence electrons. The van der Waals surface area contributed by atoms with E-state index in [1.807, 2.05) is 18.2 Å². The Morgan fingerprint density at radius 2 is 2.12 bits per heavy atom. The number of carbonyl (C=O) groups excluding carboxylic acids is 1. The Balaban J connectivity index is 1.83. The molecule has 1 saturated heterocycles. The van der Waals surface area contributed by atoms with Gasteiger partial charge in [-0.1, -0.05) is 12.1 Å². The predicted octanol–water partition coefficient (Wildman–Crippen LogP) is 3.32. The first kappa shape index (κ1) is 18.5. The van der Waals surface area contributed by atoms with Gasteiger partial charge >= 0.3 is 5.97 Å².